The second-order valence-electron chi connectivity index (χ2n) is 5.90. The summed E-state index contributed by atoms with van der Waals surface area (Å²) < 4.78 is 18.3. The SMILES string of the molecule is C[C@H]1CCCC[C@H]1NC(=O)COC(=O)/C=C/c1ccccc1F. The lowest BCUT2D eigenvalue weighted by molar-refractivity contribution is -0.144. The van der Waals surface area contributed by atoms with E-state index in [4.69, 9.17) is 4.74 Å². The van der Waals surface area contributed by atoms with Crippen molar-refractivity contribution >= 4 is 18.0 Å². The first-order chi connectivity index (χ1) is 11.1. The zero-order valence-electron chi connectivity index (χ0n) is 13.3. The predicted molar refractivity (Wildman–Crippen MR) is 86.0 cm³/mol. The summed E-state index contributed by atoms with van der Waals surface area (Å²) in [6.45, 7) is 1.80. The molecule has 2 atom stereocenters. The van der Waals surface area contributed by atoms with Crippen LogP contribution in [0.25, 0.3) is 6.08 Å². The largest absolute Gasteiger partial charge is 0.452 e. The number of hydrogen-bond donors (Lipinski definition) is 1. The van der Waals surface area contributed by atoms with Crippen molar-refractivity contribution in [1.82, 2.24) is 5.32 Å². The number of esters is 1. The van der Waals surface area contributed by atoms with E-state index in [-0.39, 0.29) is 18.6 Å². The lowest BCUT2D eigenvalue weighted by Gasteiger charge is -2.29. The Morgan fingerprint density at radius 1 is 1.30 bits per heavy atom. The molecule has 1 aromatic carbocycles. The van der Waals surface area contributed by atoms with Crippen LogP contribution in [0.5, 0.6) is 0 Å². The number of carbonyl (C=O) groups is 2. The zero-order valence-corrected chi connectivity index (χ0v) is 13.3. The van der Waals surface area contributed by atoms with E-state index in [1.807, 2.05) is 0 Å². The fraction of sp³-hybridized carbons (Fsp3) is 0.444. The van der Waals surface area contributed by atoms with Crippen LogP contribution in [0, 0.1) is 11.7 Å². The Balaban J connectivity index is 1.75. The Bertz CT molecular complexity index is 585. The molecular formula is C18H22FNO3. The topological polar surface area (TPSA) is 55.4 Å². The Morgan fingerprint density at radius 3 is 2.78 bits per heavy atom. The number of rotatable bonds is 5. The van der Waals surface area contributed by atoms with Gasteiger partial charge in [-0.15, -0.1) is 0 Å². The van der Waals surface area contributed by atoms with E-state index in [9.17, 15) is 14.0 Å². The number of carbonyl (C=O) groups excluding carboxylic acids is 2. The predicted octanol–water partition coefficient (Wildman–Crippen LogP) is 3.08. The first-order valence-corrected chi connectivity index (χ1v) is 7.95. The van der Waals surface area contributed by atoms with Crippen molar-refractivity contribution in [1.29, 1.82) is 0 Å². The molecule has 4 nitrogen and oxygen atoms in total. The number of ether oxygens (including phenoxy) is 1. The van der Waals surface area contributed by atoms with E-state index in [0.29, 0.717) is 11.5 Å². The fourth-order valence-electron chi connectivity index (χ4n) is 2.73. The van der Waals surface area contributed by atoms with Crippen molar-refractivity contribution in [3.8, 4) is 0 Å². The standard InChI is InChI=1S/C18H22FNO3/c1-13-6-2-5-9-16(13)20-17(21)12-23-18(22)11-10-14-7-3-4-8-15(14)19/h3-4,7-8,10-11,13,16H,2,5-6,9,12H2,1H3,(H,20,21)/b11-10+/t13-,16+/m0/s1. The first-order valence-electron chi connectivity index (χ1n) is 7.95. The van der Waals surface area contributed by atoms with Gasteiger partial charge in [0.05, 0.1) is 0 Å². The molecule has 1 N–H and O–H groups in total. The first kappa shape index (κ1) is 17.2. The van der Waals surface area contributed by atoms with Crippen LogP contribution in [-0.4, -0.2) is 24.5 Å². The summed E-state index contributed by atoms with van der Waals surface area (Å²) in [5, 5.41) is 2.91. The molecule has 0 saturated heterocycles. The van der Waals surface area contributed by atoms with Crippen LogP contribution in [0.4, 0.5) is 4.39 Å². The molecule has 124 valence electrons. The molecule has 0 aliphatic heterocycles. The van der Waals surface area contributed by atoms with Gasteiger partial charge in [0, 0.05) is 17.7 Å². The van der Waals surface area contributed by atoms with Crippen molar-refractivity contribution in [2.75, 3.05) is 6.61 Å². The van der Waals surface area contributed by atoms with Gasteiger partial charge in [-0.25, -0.2) is 9.18 Å². The molecule has 1 aliphatic rings. The molecule has 1 aromatic rings. The van der Waals surface area contributed by atoms with Gasteiger partial charge in [0.1, 0.15) is 5.82 Å². The van der Waals surface area contributed by atoms with Gasteiger partial charge >= 0.3 is 5.97 Å². The van der Waals surface area contributed by atoms with Gasteiger partial charge in [-0.05, 0) is 30.9 Å². The normalized spacial score (nSPS) is 21.1. The van der Waals surface area contributed by atoms with E-state index in [0.717, 1.165) is 25.3 Å². The molecule has 0 radical (unpaired) electrons. The maximum Gasteiger partial charge on any atom is 0.331 e. The molecule has 0 unspecified atom stereocenters. The van der Waals surface area contributed by atoms with Gasteiger partial charge in [0.25, 0.3) is 5.91 Å². The van der Waals surface area contributed by atoms with Gasteiger partial charge in [-0.2, -0.15) is 0 Å². The van der Waals surface area contributed by atoms with Crippen LogP contribution < -0.4 is 5.32 Å². The van der Waals surface area contributed by atoms with Crippen LogP contribution in [-0.2, 0) is 14.3 Å². The van der Waals surface area contributed by atoms with E-state index in [1.165, 1.54) is 18.6 Å². The second-order valence-corrected chi connectivity index (χ2v) is 5.90. The summed E-state index contributed by atoms with van der Waals surface area (Å²) in [6, 6.07) is 6.26. The maximum atomic E-state index is 13.4. The summed E-state index contributed by atoms with van der Waals surface area (Å²) in [5.74, 6) is -0.929. The fourth-order valence-corrected chi connectivity index (χ4v) is 2.73. The number of benzene rings is 1. The Labute approximate surface area is 135 Å². The Hall–Kier alpha value is -2.17. The average molecular weight is 319 g/mol. The maximum absolute atomic E-state index is 13.4. The average Bonchev–Trinajstić information content (AvgIpc) is 2.54. The van der Waals surface area contributed by atoms with Crippen molar-refractivity contribution in [2.45, 2.75) is 38.6 Å². The van der Waals surface area contributed by atoms with Gasteiger partial charge in [0.2, 0.25) is 0 Å². The molecule has 23 heavy (non-hydrogen) atoms. The summed E-state index contributed by atoms with van der Waals surface area (Å²) in [6.07, 6.45) is 6.83. The summed E-state index contributed by atoms with van der Waals surface area (Å²) in [5.41, 5.74) is 0.296. The highest BCUT2D eigenvalue weighted by atomic mass is 19.1. The van der Waals surface area contributed by atoms with Gasteiger partial charge < -0.3 is 10.1 Å². The van der Waals surface area contributed by atoms with Gasteiger partial charge in [-0.1, -0.05) is 38.0 Å². The molecule has 0 aromatic heterocycles. The summed E-state index contributed by atoms with van der Waals surface area (Å²) >= 11 is 0. The van der Waals surface area contributed by atoms with E-state index in [1.54, 1.807) is 18.2 Å². The third kappa shape index (κ3) is 5.51. The highest BCUT2D eigenvalue weighted by Gasteiger charge is 2.22. The zero-order chi connectivity index (χ0) is 16.7. The molecule has 1 aliphatic carbocycles. The third-order valence-corrected chi connectivity index (χ3v) is 4.11. The number of nitrogens with one attached hydrogen (secondary N) is 1. The van der Waals surface area contributed by atoms with E-state index >= 15 is 0 Å². The minimum Gasteiger partial charge on any atom is -0.452 e. The molecule has 2 rings (SSSR count). The molecule has 1 fully saturated rings. The van der Waals surface area contributed by atoms with Crippen molar-refractivity contribution in [3.63, 3.8) is 0 Å². The van der Waals surface area contributed by atoms with Crippen molar-refractivity contribution in [2.24, 2.45) is 5.92 Å². The number of hydrogen-bond acceptors (Lipinski definition) is 3. The summed E-state index contributed by atoms with van der Waals surface area (Å²) in [7, 11) is 0. The Kier molecular flexibility index (Phi) is 6.32. The second kappa shape index (κ2) is 8.46. The van der Waals surface area contributed by atoms with Crippen molar-refractivity contribution < 1.29 is 18.7 Å². The van der Waals surface area contributed by atoms with Crippen LogP contribution >= 0.6 is 0 Å². The third-order valence-electron chi connectivity index (χ3n) is 4.11. The Morgan fingerprint density at radius 2 is 2.04 bits per heavy atom. The molecule has 0 bridgehead atoms. The lowest BCUT2D eigenvalue weighted by Crippen LogP contribution is -2.42. The summed E-state index contributed by atoms with van der Waals surface area (Å²) in [4.78, 5) is 23.4. The number of halogens is 1. The smallest absolute Gasteiger partial charge is 0.331 e. The minimum absolute atomic E-state index is 0.156. The van der Waals surface area contributed by atoms with Crippen LogP contribution in [0.2, 0.25) is 0 Å². The lowest BCUT2D eigenvalue weighted by atomic mass is 9.86. The van der Waals surface area contributed by atoms with Gasteiger partial charge in [-0.3, -0.25) is 4.79 Å². The molecule has 1 amide bonds. The van der Waals surface area contributed by atoms with E-state index in [2.05, 4.69) is 12.2 Å². The van der Waals surface area contributed by atoms with Crippen LogP contribution in [0.15, 0.2) is 30.3 Å². The highest BCUT2D eigenvalue weighted by Crippen LogP contribution is 2.23. The molecule has 5 heteroatoms. The molecular weight excluding hydrogens is 297 g/mol. The highest BCUT2D eigenvalue weighted by molar-refractivity contribution is 5.89. The minimum atomic E-state index is -0.667. The molecule has 1 saturated carbocycles. The van der Waals surface area contributed by atoms with Crippen LogP contribution in [0.1, 0.15) is 38.2 Å². The van der Waals surface area contributed by atoms with Gasteiger partial charge in [0.15, 0.2) is 6.61 Å². The number of amides is 1. The quantitative estimate of drug-likeness (QED) is 0.670. The molecule has 0 spiro atoms. The molecule has 0 heterocycles. The van der Waals surface area contributed by atoms with Crippen LogP contribution in [0.3, 0.4) is 0 Å². The van der Waals surface area contributed by atoms with E-state index < -0.39 is 11.8 Å². The monoisotopic (exact) mass is 319 g/mol. The van der Waals surface area contributed by atoms with Crippen molar-refractivity contribution in [3.05, 3.63) is 41.7 Å².